The summed E-state index contributed by atoms with van der Waals surface area (Å²) in [7, 11) is 1.56. The first kappa shape index (κ1) is 28.6. The summed E-state index contributed by atoms with van der Waals surface area (Å²) >= 11 is 0. The van der Waals surface area contributed by atoms with Crippen molar-refractivity contribution in [2.24, 2.45) is 0 Å². The second-order valence-corrected chi connectivity index (χ2v) is 9.39. The number of hydrogen-bond donors (Lipinski definition) is 0. The number of nitrogens with zero attached hydrogens (tertiary/aromatic N) is 1. The highest BCUT2D eigenvalue weighted by atomic mass is 16.6. The lowest BCUT2D eigenvalue weighted by Crippen LogP contribution is -2.61. The average molecular weight is 548 g/mol. The molecule has 0 aromatic heterocycles. The first-order valence-electron chi connectivity index (χ1n) is 13.0. The summed E-state index contributed by atoms with van der Waals surface area (Å²) in [6.45, 7) is 2.68. The van der Waals surface area contributed by atoms with Crippen LogP contribution in [0.1, 0.15) is 36.6 Å². The molecule has 1 heterocycles. The molecular weight excluding hydrogens is 514 g/mol. The van der Waals surface area contributed by atoms with Crippen molar-refractivity contribution >= 4 is 18.0 Å². The highest BCUT2D eigenvalue weighted by molar-refractivity contribution is 5.70. The van der Waals surface area contributed by atoms with E-state index in [0.29, 0.717) is 11.3 Å². The Morgan fingerprint density at radius 3 is 1.88 bits per heavy atom. The number of esters is 2. The number of amides is 1. The van der Waals surface area contributed by atoms with Gasteiger partial charge in [-0.2, -0.15) is 0 Å². The molecule has 0 spiro atoms. The Morgan fingerprint density at radius 1 is 0.750 bits per heavy atom. The molecule has 4 atom stereocenters. The minimum absolute atomic E-state index is 0.0483. The SMILES string of the molecule is COc1ccc([C@@H]2[C@@H](OCc3ccccc3)[C@@H](OC(C)=O)[C@@H](OC(C)=O)CN2C(=O)OCc2ccccc2)cc1. The van der Waals surface area contributed by atoms with E-state index in [9.17, 15) is 14.4 Å². The molecule has 4 rings (SSSR count). The third kappa shape index (κ3) is 7.39. The van der Waals surface area contributed by atoms with Gasteiger partial charge in [-0.25, -0.2) is 4.79 Å². The van der Waals surface area contributed by atoms with Crippen LogP contribution in [0.5, 0.6) is 5.75 Å². The van der Waals surface area contributed by atoms with Gasteiger partial charge in [0.1, 0.15) is 18.5 Å². The van der Waals surface area contributed by atoms with Gasteiger partial charge in [0.2, 0.25) is 0 Å². The number of benzene rings is 3. The van der Waals surface area contributed by atoms with E-state index in [1.165, 1.54) is 18.7 Å². The monoisotopic (exact) mass is 547 g/mol. The zero-order valence-corrected chi connectivity index (χ0v) is 22.7. The molecule has 1 fully saturated rings. The van der Waals surface area contributed by atoms with Gasteiger partial charge in [0.05, 0.1) is 26.3 Å². The summed E-state index contributed by atoms with van der Waals surface area (Å²) in [5, 5.41) is 0. The molecule has 0 N–H and O–H groups in total. The van der Waals surface area contributed by atoms with E-state index in [4.69, 9.17) is 23.7 Å². The van der Waals surface area contributed by atoms with E-state index in [-0.39, 0.29) is 19.8 Å². The number of methoxy groups -OCH3 is 1. The van der Waals surface area contributed by atoms with Crippen molar-refractivity contribution in [2.75, 3.05) is 13.7 Å². The second kappa shape index (κ2) is 13.6. The maximum absolute atomic E-state index is 13.6. The zero-order chi connectivity index (χ0) is 28.5. The molecule has 3 aromatic carbocycles. The van der Waals surface area contributed by atoms with Crippen LogP contribution in [0, 0.1) is 0 Å². The molecule has 1 aliphatic rings. The van der Waals surface area contributed by atoms with Crippen molar-refractivity contribution in [3.8, 4) is 5.75 Å². The van der Waals surface area contributed by atoms with Crippen molar-refractivity contribution in [3.05, 3.63) is 102 Å². The third-order valence-electron chi connectivity index (χ3n) is 6.52. The molecule has 0 unspecified atom stereocenters. The van der Waals surface area contributed by atoms with Crippen LogP contribution in [0.4, 0.5) is 4.79 Å². The van der Waals surface area contributed by atoms with E-state index >= 15 is 0 Å². The number of piperidine rings is 1. The lowest BCUT2D eigenvalue weighted by atomic mass is 9.88. The maximum Gasteiger partial charge on any atom is 0.410 e. The van der Waals surface area contributed by atoms with E-state index < -0.39 is 42.4 Å². The quantitative estimate of drug-likeness (QED) is 0.277. The molecule has 40 heavy (non-hydrogen) atoms. The fourth-order valence-electron chi connectivity index (χ4n) is 4.75. The highest BCUT2D eigenvalue weighted by Gasteiger charge is 2.50. The molecule has 9 heteroatoms. The first-order valence-corrected chi connectivity index (χ1v) is 13.0. The van der Waals surface area contributed by atoms with Gasteiger partial charge in [-0.1, -0.05) is 72.8 Å². The van der Waals surface area contributed by atoms with E-state index in [2.05, 4.69) is 0 Å². The van der Waals surface area contributed by atoms with Crippen molar-refractivity contribution in [2.45, 2.75) is 51.4 Å². The Kier molecular flexibility index (Phi) is 9.75. The normalized spacial score (nSPS) is 20.3. The second-order valence-electron chi connectivity index (χ2n) is 9.39. The van der Waals surface area contributed by atoms with Gasteiger partial charge in [0.25, 0.3) is 0 Å². The van der Waals surface area contributed by atoms with Gasteiger partial charge in [0.15, 0.2) is 12.2 Å². The van der Waals surface area contributed by atoms with Crippen LogP contribution in [0.3, 0.4) is 0 Å². The fraction of sp³-hybridized carbons (Fsp3) is 0.323. The van der Waals surface area contributed by atoms with E-state index in [1.54, 1.807) is 19.2 Å². The summed E-state index contributed by atoms with van der Waals surface area (Å²) in [4.78, 5) is 39.4. The topological polar surface area (TPSA) is 101 Å². The number of likely N-dealkylation sites (tertiary alicyclic amines) is 1. The molecule has 0 aliphatic carbocycles. The molecule has 210 valence electrons. The zero-order valence-electron chi connectivity index (χ0n) is 22.7. The predicted molar refractivity (Wildman–Crippen MR) is 145 cm³/mol. The van der Waals surface area contributed by atoms with Gasteiger partial charge in [-0.3, -0.25) is 14.5 Å². The molecular formula is C31H33NO8. The Morgan fingerprint density at radius 2 is 1.32 bits per heavy atom. The predicted octanol–water partition coefficient (Wildman–Crippen LogP) is 4.84. The minimum atomic E-state index is -0.990. The molecule has 1 saturated heterocycles. The van der Waals surface area contributed by atoms with Crippen molar-refractivity contribution in [1.29, 1.82) is 0 Å². The summed E-state index contributed by atoms with van der Waals surface area (Å²) in [5.74, 6) is -0.512. The van der Waals surface area contributed by atoms with Crippen molar-refractivity contribution in [1.82, 2.24) is 4.90 Å². The van der Waals surface area contributed by atoms with E-state index in [1.807, 2.05) is 72.8 Å². The molecule has 0 saturated carbocycles. The van der Waals surface area contributed by atoms with Crippen LogP contribution in [-0.4, -0.2) is 54.9 Å². The number of carbonyl (C=O) groups is 3. The molecule has 1 aliphatic heterocycles. The average Bonchev–Trinajstić information content (AvgIpc) is 2.96. The third-order valence-corrected chi connectivity index (χ3v) is 6.52. The van der Waals surface area contributed by atoms with Crippen LogP contribution in [-0.2, 0) is 41.8 Å². The lowest BCUT2D eigenvalue weighted by Gasteiger charge is -2.47. The van der Waals surface area contributed by atoms with Crippen molar-refractivity contribution < 1.29 is 38.1 Å². The molecule has 3 aromatic rings. The van der Waals surface area contributed by atoms with Crippen LogP contribution in [0.2, 0.25) is 0 Å². The summed E-state index contributed by atoms with van der Waals surface area (Å²) in [6, 6.07) is 25.2. The Labute approximate surface area is 233 Å². The Balaban J connectivity index is 1.73. The van der Waals surface area contributed by atoms with Crippen LogP contribution >= 0.6 is 0 Å². The summed E-state index contributed by atoms with van der Waals surface area (Å²) < 4.78 is 28.7. The van der Waals surface area contributed by atoms with Crippen LogP contribution < -0.4 is 4.74 Å². The lowest BCUT2D eigenvalue weighted by molar-refractivity contribution is -0.201. The van der Waals surface area contributed by atoms with Gasteiger partial charge in [0, 0.05) is 13.8 Å². The fourth-order valence-corrected chi connectivity index (χ4v) is 4.75. The summed E-state index contributed by atoms with van der Waals surface area (Å²) in [6.07, 6.45) is -3.51. The minimum Gasteiger partial charge on any atom is -0.497 e. The van der Waals surface area contributed by atoms with Crippen LogP contribution in [0.25, 0.3) is 0 Å². The Hall–Kier alpha value is -4.37. The number of hydrogen-bond acceptors (Lipinski definition) is 8. The molecule has 1 amide bonds. The molecule has 0 bridgehead atoms. The summed E-state index contributed by atoms with van der Waals surface area (Å²) in [5.41, 5.74) is 2.40. The van der Waals surface area contributed by atoms with Gasteiger partial charge in [-0.15, -0.1) is 0 Å². The largest absolute Gasteiger partial charge is 0.497 e. The number of rotatable bonds is 9. The molecule has 0 radical (unpaired) electrons. The molecule has 9 nitrogen and oxygen atoms in total. The highest BCUT2D eigenvalue weighted by Crippen LogP contribution is 2.38. The standard InChI is InChI=1S/C31H33NO8/c1-21(33)39-27-18-32(31(35)38-20-24-12-8-5-9-13-24)28(25-14-16-26(36-3)17-15-25)30(29(27)40-22(2)34)37-19-23-10-6-4-7-11-23/h4-17,27-30H,18-20H2,1-3H3/t27-,28+,29-,30+/m0/s1. The smallest absolute Gasteiger partial charge is 0.410 e. The maximum atomic E-state index is 13.6. The Bertz CT molecular complexity index is 1270. The number of carbonyl (C=O) groups excluding carboxylic acids is 3. The first-order chi connectivity index (χ1) is 19.4. The van der Waals surface area contributed by atoms with Gasteiger partial charge in [-0.05, 0) is 28.8 Å². The number of ether oxygens (including phenoxy) is 5. The van der Waals surface area contributed by atoms with Gasteiger partial charge < -0.3 is 23.7 Å². The van der Waals surface area contributed by atoms with Crippen molar-refractivity contribution in [3.63, 3.8) is 0 Å². The van der Waals surface area contributed by atoms with Crippen LogP contribution in [0.15, 0.2) is 84.9 Å². The van der Waals surface area contributed by atoms with E-state index in [0.717, 1.165) is 11.1 Å². The van der Waals surface area contributed by atoms with Gasteiger partial charge >= 0.3 is 18.0 Å².